The van der Waals surface area contributed by atoms with Gasteiger partial charge in [0.05, 0.1) is 16.8 Å². The average molecular weight is 388 g/mol. The van der Waals surface area contributed by atoms with Crippen LogP contribution in [-0.2, 0) is 10.0 Å². The summed E-state index contributed by atoms with van der Waals surface area (Å²) in [6.07, 6.45) is 1.56. The quantitative estimate of drug-likeness (QED) is 0.653. The number of nitrogens with one attached hydrogen (secondary N) is 2. The van der Waals surface area contributed by atoms with Gasteiger partial charge in [-0.1, -0.05) is 29.8 Å². The number of anilines is 3. The molecule has 0 spiro atoms. The van der Waals surface area contributed by atoms with Gasteiger partial charge in [0.2, 0.25) is 0 Å². The van der Waals surface area contributed by atoms with E-state index >= 15 is 0 Å². The second-order valence-electron chi connectivity index (χ2n) is 5.89. The highest BCUT2D eigenvalue weighted by Gasteiger charge is 2.14. The Morgan fingerprint density at radius 1 is 1.00 bits per heavy atom. The van der Waals surface area contributed by atoms with Gasteiger partial charge < -0.3 is 5.32 Å². The van der Waals surface area contributed by atoms with Crippen molar-refractivity contribution in [1.29, 1.82) is 0 Å². The molecule has 0 aliphatic heterocycles. The fourth-order valence-corrected chi connectivity index (χ4v) is 3.69. The summed E-state index contributed by atoms with van der Waals surface area (Å²) in [5.41, 5.74) is 3.40. The molecule has 1 heterocycles. The van der Waals surface area contributed by atoms with E-state index < -0.39 is 10.0 Å². The van der Waals surface area contributed by atoms with E-state index in [1.54, 1.807) is 36.5 Å². The number of sulfonamides is 1. The highest BCUT2D eigenvalue weighted by atomic mass is 35.5. The molecule has 0 radical (unpaired) electrons. The number of pyridine rings is 1. The number of hydrogen-bond donors (Lipinski definition) is 2. The summed E-state index contributed by atoms with van der Waals surface area (Å²) < 4.78 is 27.3. The number of benzene rings is 2. The van der Waals surface area contributed by atoms with E-state index in [1.807, 2.05) is 38.1 Å². The van der Waals surface area contributed by atoms with E-state index in [1.165, 1.54) is 0 Å². The molecule has 2 aromatic carbocycles. The van der Waals surface area contributed by atoms with Gasteiger partial charge in [0.1, 0.15) is 5.82 Å². The molecule has 0 aliphatic rings. The van der Waals surface area contributed by atoms with Crippen LogP contribution in [-0.4, -0.2) is 13.4 Å². The van der Waals surface area contributed by atoms with Gasteiger partial charge in [0, 0.05) is 10.7 Å². The predicted molar refractivity (Wildman–Crippen MR) is 106 cm³/mol. The lowest BCUT2D eigenvalue weighted by atomic mass is 10.2. The van der Waals surface area contributed by atoms with Crippen molar-refractivity contribution in [1.82, 2.24) is 4.98 Å². The predicted octanol–water partition coefficient (Wildman–Crippen LogP) is 4.90. The lowest BCUT2D eigenvalue weighted by Crippen LogP contribution is -2.14. The second kappa shape index (κ2) is 7.35. The fourth-order valence-electron chi connectivity index (χ4n) is 2.41. The third-order valence-corrected chi connectivity index (χ3v) is 5.61. The van der Waals surface area contributed by atoms with E-state index in [4.69, 9.17) is 11.6 Å². The van der Waals surface area contributed by atoms with Crippen molar-refractivity contribution in [3.63, 3.8) is 0 Å². The molecule has 5 nitrogen and oxygen atoms in total. The number of hydrogen-bond acceptors (Lipinski definition) is 4. The van der Waals surface area contributed by atoms with Gasteiger partial charge in [-0.25, -0.2) is 13.4 Å². The van der Waals surface area contributed by atoms with Crippen LogP contribution in [0.25, 0.3) is 0 Å². The molecule has 0 amide bonds. The van der Waals surface area contributed by atoms with Gasteiger partial charge in [0.25, 0.3) is 10.0 Å². The maximum Gasteiger partial charge on any atom is 0.263 e. The maximum atomic E-state index is 12.4. The average Bonchev–Trinajstić information content (AvgIpc) is 2.60. The van der Waals surface area contributed by atoms with Crippen molar-refractivity contribution >= 4 is 38.8 Å². The molecule has 0 saturated carbocycles. The number of aromatic nitrogens is 1. The van der Waals surface area contributed by atoms with E-state index in [9.17, 15) is 8.42 Å². The standard InChI is InChI=1S/C19H18ClN3O2S/c1-13-5-3-6-16(11-13)26(24,25)23-19-10-9-15(12-21-19)22-18-8-4-7-17(20)14(18)2/h3-12,22H,1-2H3,(H,21,23). The minimum atomic E-state index is -3.67. The van der Waals surface area contributed by atoms with E-state index in [0.717, 1.165) is 22.5 Å². The first-order chi connectivity index (χ1) is 12.3. The molecule has 7 heteroatoms. The first-order valence-electron chi connectivity index (χ1n) is 7.93. The van der Waals surface area contributed by atoms with E-state index in [-0.39, 0.29) is 10.7 Å². The molecule has 0 atom stereocenters. The summed E-state index contributed by atoms with van der Waals surface area (Å²) in [5.74, 6) is 0.250. The van der Waals surface area contributed by atoms with Crippen molar-refractivity contribution in [2.75, 3.05) is 10.0 Å². The summed E-state index contributed by atoms with van der Waals surface area (Å²) in [4.78, 5) is 4.38. The largest absolute Gasteiger partial charge is 0.354 e. The number of nitrogens with zero attached hydrogens (tertiary/aromatic N) is 1. The zero-order valence-corrected chi connectivity index (χ0v) is 15.9. The molecule has 1 aromatic heterocycles. The van der Waals surface area contributed by atoms with Crippen LogP contribution in [0.3, 0.4) is 0 Å². The molecule has 0 saturated heterocycles. The Kier molecular flexibility index (Phi) is 5.15. The Hall–Kier alpha value is -2.57. The van der Waals surface area contributed by atoms with Crippen LogP contribution < -0.4 is 10.0 Å². The summed E-state index contributed by atoms with van der Waals surface area (Å²) in [6, 6.07) is 15.7. The minimum absolute atomic E-state index is 0.205. The zero-order valence-electron chi connectivity index (χ0n) is 14.3. The Labute approximate surface area is 158 Å². The van der Waals surface area contributed by atoms with Gasteiger partial charge in [-0.2, -0.15) is 0 Å². The maximum absolute atomic E-state index is 12.4. The van der Waals surface area contributed by atoms with Crippen molar-refractivity contribution < 1.29 is 8.42 Å². The Bertz CT molecular complexity index is 1030. The summed E-state index contributed by atoms with van der Waals surface area (Å²) in [5, 5.41) is 3.89. The molecular formula is C19H18ClN3O2S. The van der Waals surface area contributed by atoms with Gasteiger partial charge in [-0.05, 0) is 61.4 Å². The number of halogens is 1. The lowest BCUT2D eigenvalue weighted by Gasteiger charge is -2.11. The van der Waals surface area contributed by atoms with Crippen LogP contribution in [0.5, 0.6) is 0 Å². The molecule has 2 N–H and O–H groups in total. The van der Waals surface area contributed by atoms with Crippen molar-refractivity contribution in [3.8, 4) is 0 Å². The van der Waals surface area contributed by atoms with Crippen LogP contribution in [0.15, 0.2) is 65.7 Å². The monoisotopic (exact) mass is 387 g/mol. The molecule has 0 bridgehead atoms. The number of rotatable bonds is 5. The van der Waals surface area contributed by atoms with Crippen molar-refractivity contribution in [2.45, 2.75) is 18.7 Å². The van der Waals surface area contributed by atoms with Crippen LogP contribution in [0.2, 0.25) is 5.02 Å². The SMILES string of the molecule is Cc1cccc(S(=O)(=O)Nc2ccc(Nc3cccc(Cl)c3C)cn2)c1. The first kappa shape index (κ1) is 18.2. The van der Waals surface area contributed by atoms with Gasteiger partial charge >= 0.3 is 0 Å². The molecule has 0 unspecified atom stereocenters. The van der Waals surface area contributed by atoms with Crippen LogP contribution in [0, 0.1) is 13.8 Å². The fraction of sp³-hybridized carbons (Fsp3) is 0.105. The molecule has 3 rings (SSSR count). The van der Waals surface area contributed by atoms with Crippen molar-refractivity contribution in [2.24, 2.45) is 0 Å². The van der Waals surface area contributed by atoms with Gasteiger partial charge in [-0.3, -0.25) is 4.72 Å². The molecule has 0 fully saturated rings. The van der Waals surface area contributed by atoms with Crippen LogP contribution in [0.4, 0.5) is 17.2 Å². The Morgan fingerprint density at radius 2 is 1.77 bits per heavy atom. The smallest absolute Gasteiger partial charge is 0.263 e. The second-order valence-corrected chi connectivity index (χ2v) is 7.98. The summed E-state index contributed by atoms with van der Waals surface area (Å²) in [6.45, 7) is 3.76. The highest BCUT2D eigenvalue weighted by Crippen LogP contribution is 2.26. The summed E-state index contributed by atoms with van der Waals surface area (Å²) >= 11 is 6.11. The molecule has 3 aromatic rings. The normalized spacial score (nSPS) is 11.2. The van der Waals surface area contributed by atoms with Crippen LogP contribution in [0.1, 0.15) is 11.1 Å². The molecule has 26 heavy (non-hydrogen) atoms. The summed E-state index contributed by atoms with van der Waals surface area (Å²) in [7, 11) is -3.67. The third-order valence-electron chi connectivity index (χ3n) is 3.85. The van der Waals surface area contributed by atoms with Crippen LogP contribution >= 0.6 is 11.6 Å². The highest BCUT2D eigenvalue weighted by molar-refractivity contribution is 7.92. The lowest BCUT2D eigenvalue weighted by molar-refractivity contribution is 0.601. The topological polar surface area (TPSA) is 71.1 Å². The Morgan fingerprint density at radius 3 is 2.46 bits per heavy atom. The van der Waals surface area contributed by atoms with Gasteiger partial charge in [-0.15, -0.1) is 0 Å². The molecule has 0 aliphatic carbocycles. The third kappa shape index (κ3) is 4.15. The van der Waals surface area contributed by atoms with Crippen molar-refractivity contribution in [3.05, 3.63) is 76.9 Å². The van der Waals surface area contributed by atoms with E-state index in [0.29, 0.717) is 5.02 Å². The molecule has 134 valence electrons. The number of aryl methyl sites for hydroxylation is 1. The van der Waals surface area contributed by atoms with E-state index in [2.05, 4.69) is 15.0 Å². The molecular weight excluding hydrogens is 370 g/mol. The minimum Gasteiger partial charge on any atom is -0.354 e. The van der Waals surface area contributed by atoms with Gasteiger partial charge in [0.15, 0.2) is 0 Å². The zero-order chi connectivity index (χ0) is 18.7. The first-order valence-corrected chi connectivity index (χ1v) is 9.79. The Balaban J connectivity index is 1.76.